The lowest BCUT2D eigenvalue weighted by Gasteiger charge is -2.25. The van der Waals surface area contributed by atoms with Crippen LogP contribution in [-0.2, 0) is 11.5 Å². The summed E-state index contributed by atoms with van der Waals surface area (Å²) in [5, 5.41) is 2.83. The molecular weight excluding hydrogens is 428 g/mol. The maximum atomic E-state index is 13.1. The number of hydrogen-bond donors (Lipinski definition) is 1. The number of hydrogen-bond acceptors (Lipinski definition) is 5. The lowest BCUT2D eigenvalue weighted by atomic mass is 10.1. The Morgan fingerprint density at radius 2 is 1.96 bits per heavy atom. The first kappa shape index (κ1) is 16.5. The van der Waals surface area contributed by atoms with E-state index < -0.39 is 0 Å². The summed E-state index contributed by atoms with van der Waals surface area (Å²) in [5.41, 5.74) is 2.74. The molecule has 6 nitrogen and oxygen atoms in total. The number of fused-ring (bicyclic) bond motifs is 2. The molecule has 1 aromatic heterocycles. The molecule has 3 heterocycles. The highest BCUT2D eigenvalue weighted by molar-refractivity contribution is 9.10. The van der Waals surface area contributed by atoms with E-state index in [9.17, 15) is 9.59 Å². The fourth-order valence-electron chi connectivity index (χ4n) is 3.34. The van der Waals surface area contributed by atoms with Crippen LogP contribution in [0.4, 0.5) is 11.4 Å². The van der Waals surface area contributed by atoms with Gasteiger partial charge >= 0.3 is 0 Å². The van der Waals surface area contributed by atoms with Crippen molar-refractivity contribution >= 4 is 50.1 Å². The van der Waals surface area contributed by atoms with Gasteiger partial charge in [-0.25, -0.2) is 4.99 Å². The van der Waals surface area contributed by atoms with E-state index in [1.807, 2.05) is 53.4 Å². The van der Waals surface area contributed by atoms with Gasteiger partial charge in [0, 0.05) is 21.4 Å². The summed E-state index contributed by atoms with van der Waals surface area (Å²) in [6, 6.07) is 15.3. The molecule has 0 atom stereocenters. The van der Waals surface area contributed by atoms with Crippen molar-refractivity contribution in [1.82, 2.24) is 4.57 Å². The number of carbonyl (C=O) groups is 1. The molecule has 0 spiro atoms. The predicted molar refractivity (Wildman–Crippen MR) is 108 cm³/mol. The number of thiazole rings is 1. The highest BCUT2D eigenvalue weighted by Gasteiger charge is 2.27. The van der Waals surface area contributed by atoms with Crippen molar-refractivity contribution in [3.63, 3.8) is 0 Å². The molecule has 134 valence electrons. The van der Waals surface area contributed by atoms with Gasteiger partial charge < -0.3 is 10.2 Å². The summed E-state index contributed by atoms with van der Waals surface area (Å²) in [5.74, 6) is -0.239. The van der Waals surface area contributed by atoms with E-state index in [1.165, 1.54) is 11.3 Å². The predicted octanol–water partition coefficient (Wildman–Crippen LogP) is 1.88. The lowest BCUT2D eigenvalue weighted by molar-refractivity contribution is -0.110. The average molecular weight is 441 g/mol. The zero-order valence-corrected chi connectivity index (χ0v) is 16.4. The lowest BCUT2D eigenvalue weighted by Crippen LogP contribution is -2.43. The van der Waals surface area contributed by atoms with Gasteiger partial charge in [-0.05, 0) is 24.3 Å². The highest BCUT2D eigenvalue weighted by atomic mass is 79.9. The molecule has 0 fully saturated rings. The number of nitrogens with one attached hydrogen (secondary N) is 1. The molecule has 8 heteroatoms. The molecule has 27 heavy (non-hydrogen) atoms. The van der Waals surface area contributed by atoms with E-state index in [0.717, 1.165) is 21.4 Å². The van der Waals surface area contributed by atoms with Crippen molar-refractivity contribution in [2.75, 3.05) is 16.9 Å². The van der Waals surface area contributed by atoms with Gasteiger partial charge in [-0.3, -0.25) is 14.2 Å². The van der Waals surface area contributed by atoms with Gasteiger partial charge in [0.25, 0.3) is 11.5 Å². The molecule has 0 unspecified atom stereocenters. The van der Waals surface area contributed by atoms with Crippen molar-refractivity contribution in [2.24, 2.45) is 4.99 Å². The van der Waals surface area contributed by atoms with Gasteiger partial charge in [0.15, 0.2) is 4.80 Å². The quantitative estimate of drug-likeness (QED) is 0.627. The van der Waals surface area contributed by atoms with E-state index in [1.54, 1.807) is 4.57 Å². The number of aromatic nitrogens is 1. The minimum absolute atomic E-state index is 0.180. The fraction of sp³-hybridized carbons (Fsp3) is 0.105. The number of anilines is 2. The molecule has 0 saturated heterocycles. The molecule has 0 aliphatic carbocycles. The van der Waals surface area contributed by atoms with Gasteiger partial charge in [0.2, 0.25) is 0 Å². The molecule has 3 aromatic rings. The number of nitrogens with zero attached hydrogens (tertiary/aromatic N) is 3. The smallest absolute Gasteiger partial charge is 0.272 e. The van der Waals surface area contributed by atoms with Crippen LogP contribution in [0, 0.1) is 0 Å². The number of para-hydroxylation sites is 1. The Balaban J connectivity index is 1.65. The third-order valence-electron chi connectivity index (χ3n) is 4.62. The first-order valence-electron chi connectivity index (χ1n) is 8.31. The van der Waals surface area contributed by atoms with E-state index in [2.05, 4.69) is 26.2 Å². The number of carbonyl (C=O) groups excluding carboxylic acids is 1. The number of rotatable bonds is 1. The molecule has 5 rings (SSSR count). The SMILES string of the molecule is O=C1Nc2ccccc2C1=c1sc2n(c1=O)CN(c1cccc(Br)c1)CN=2. The van der Waals surface area contributed by atoms with Crippen LogP contribution in [0.1, 0.15) is 5.56 Å². The topological polar surface area (TPSA) is 66.7 Å². The molecular formula is C19H13BrN4O2S. The zero-order chi connectivity index (χ0) is 18.5. The average Bonchev–Trinajstić information content (AvgIpc) is 3.17. The van der Waals surface area contributed by atoms with Gasteiger partial charge in [0.1, 0.15) is 17.9 Å². The Labute approximate surface area is 166 Å². The van der Waals surface area contributed by atoms with Crippen LogP contribution >= 0.6 is 27.3 Å². The molecule has 2 aromatic carbocycles. The first-order chi connectivity index (χ1) is 13.1. The summed E-state index contributed by atoms with van der Waals surface area (Å²) in [7, 11) is 0. The van der Waals surface area contributed by atoms with Crippen molar-refractivity contribution in [2.45, 2.75) is 6.67 Å². The molecule has 1 amide bonds. The van der Waals surface area contributed by atoms with Crippen molar-refractivity contribution in [3.05, 3.63) is 78.3 Å². The second-order valence-electron chi connectivity index (χ2n) is 6.28. The Morgan fingerprint density at radius 1 is 1.11 bits per heavy atom. The second-order valence-corrected chi connectivity index (χ2v) is 8.18. The fourth-order valence-corrected chi connectivity index (χ4v) is 4.78. The summed E-state index contributed by atoms with van der Waals surface area (Å²) in [4.78, 5) is 32.8. The summed E-state index contributed by atoms with van der Waals surface area (Å²) >= 11 is 4.75. The third-order valence-corrected chi connectivity index (χ3v) is 6.23. The van der Waals surface area contributed by atoms with Crippen LogP contribution in [0.5, 0.6) is 0 Å². The van der Waals surface area contributed by atoms with Crippen molar-refractivity contribution in [3.8, 4) is 0 Å². The molecule has 2 aliphatic heterocycles. The third kappa shape index (κ3) is 2.64. The van der Waals surface area contributed by atoms with Crippen LogP contribution in [0.2, 0.25) is 0 Å². The highest BCUT2D eigenvalue weighted by Crippen LogP contribution is 2.29. The van der Waals surface area contributed by atoms with E-state index in [0.29, 0.717) is 28.2 Å². The summed E-state index contributed by atoms with van der Waals surface area (Å²) in [6.45, 7) is 0.870. The van der Waals surface area contributed by atoms with E-state index in [-0.39, 0.29) is 11.5 Å². The van der Waals surface area contributed by atoms with Crippen LogP contribution < -0.4 is 25.1 Å². The Hall–Kier alpha value is -2.71. The van der Waals surface area contributed by atoms with Crippen molar-refractivity contribution in [1.29, 1.82) is 0 Å². The number of amides is 1. The number of benzene rings is 2. The molecule has 1 N–H and O–H groups in total. The Morgan fingerprint density at radius 3 is 2.81 bits per heavy atom. The molecule has 0 radical (unpaired) electrons. The standard InChI is InChI=1S/C19H13BrN4O2S/c20-11-4-3-5-12(8-11)23-9-21-19-24(10-23)18(26)16(27-19)15-13-6-1-2-7-14(13)22-17(15)25/h1-8H,9-10H2,(H,22,25). The second kappa shape index (κ2) is 6.17. The first-order valence-corrected chi connectivity index (χ1v) is 9.92. The van der Waals surface area contributed by atoms with Gasteiger partial charge in [0.05, 0.1) is 5.57 Å². The maximum Gasteiger partial charge on any atom is 0.272 e. The van der Waals surface area contributed by atoms with E-state index >= 15 is 0 Å². The summed E-state index contributed by atoms with van der Waals surface area (Å²) < 4.78 is 3.04. The van der Waals surface area contributed by atoms with Crippen molar-refractivity contribution < 1.29 is 4.79 Å². The minimum atomic E-state index is -0.239. The van der Waals surface area contributed by atoms with Crippen LogP contribution in [0.25, 0.3) is 5.57 Å². The largest absolute Gasteiger partial charge is 0.334 e. The number of halogens is 1. The van der Waals surface area contributed by atoms with Crippen LogP contribution in [0.15, 0.2) is 62.8 Å². The van der Waals surface area contributed by atoms with Crippen LogP contribution in [-0.4, -0.2) is 17.1 Å². The maximum absolute atomic E-state index is 13.1. The molecule has 0 saturated carbocycles. The Kier molecular flexibility index (Phi) is 3.76. The normalized spacial score (nSPS) is 17.2. The van der Waals surface area contributed by atoms with Gasteiger partial charge in [-0.2, -0.15) is 0 Å². The molecule has 0 bridgehead atoms. The Bertz CT molecular complexity index is 1280. The van der Waals surface area contributed by atoms with Crippen LogP contribution in [0.3, 0.4) is 0 Å². The monoisotopic (exact) mass is 440 g/mol. The summed E-state index contributed by atoms with van der Waals surface area (Å²) in [6.07, 6.45) is 0. The van der Waals surface area contributed by atoms with Gasteiger partial charge in [-0.15, -0.1) is 0 Å². The van der Waals surface area contributed by atoms with E-state index in [4.69, 9.17) is 0 Å². The minimum Gasteiger partial charge on any atom is -0.334 e. The van der Waals surface area contributed by atoms with Gasteiger partial charge in [-0.1, -0.05) is 51.5 Å². The molecule has 2 aliphatic rings. The zero-order valence-electron chi connectivity index (χ0n) is 14.0.